The summed E-state index contributed by atoms with van der Waals surface area (Å²) in [5, 5.41) is 0.120. The predicted octanol–water partition coefficient (Wildman–Crippen LogP) is 4.74. The van der Waals surface area contributed by atoms with Crippen molar-refractivity contribution in [2.24, 2.45) is 0 Å². The Morgan fingerprint density at radius 1 is 0.967 bits per heavy atom. The summed E-state index contributed by atoms with van der Waals surface area (Å²) in [6.45, 7) is 0.116. The van der Waals surface area contributed by atoms with Crippen LogP contribution >= 0.6 is 11.6 Å². The Morgan fingerprint density at radius 2 is 1.67 bits per heavy atom. The summed E-state index contributed by atoms with van der Waals surface area (Å²) in [5.41, 5.74) is 0.739. The largest absolute Gasteiger partial charge is 0.465 e. The third kappa shape index (κ3) is 4.99. The van der Waals surface area contributed by atoms with Crippen LogP contribution in [-0.2, 0) is 21.3 Å². The molecular formula is C22H20ClNO5S. The molecule has 0 atom stereocenters. The van der Waals surface area contributed by atoms with Crippen molar-refractivity contribution in [2.45, 2.75) is 11.4 Å². The minimum absolute atomic E-state index is 0.00750. The lowest BCUT2D eigenvalue weighted by atomic mass is 10.2. The molecule has 0 radical (unpaired) electrons. The SMILES string of the molecule is COC(=O)c1cc(S(=O)(=O)N(C)Cc2cccc(Oc3ccccc3)c2)ccc1Cl. The molecule has 0 spiro atoms. The van der Waals surface area contributed by atoms with Crippen molar-refractivity contribution in [2.75, 3.05) is 14.2 Å². The van der Waals surface area contributed by atoms with E-state index in [0.717, 1.165) is 5.56 Å². The third-order valence-corrected chi connectivity index (χ3v) is 6.46. The Balaban J connectivity index is 1.81. The minimum atomic E-state index is -3.86. The molecule has 0 amide bonds. The number of carbonyl (C=O) groups is 1. The van der Waals surface area contributed by atoms with Crippen molar-refractivity contribution in [3.8, 4) is 11.5 Å². The van der Waals surface area contributed by atoms with Gasteiger partial charge in [-0.25, -0.2) is 13.2 Å². The minimum Gasteiger partial charge on any atom is -0.465 e. The number of halogens is 1. The van der Waals surface area contributed by atoms with E-state index in [2.05, 4.69) is 4.74 Å². The van der Waals surface area contributed by atoms with Gasteiger partial charge in [0, 0.05) is 13.6 Å². The van der Waals surface area contributed by atoms with Crippen molar-refractivity contribution in [3.05, 3.63) is 88.9 Å². The maximum absolute atomic E-state index is 13.0. The van der Waals surface area contributed by atoms with Gasteiger partial charge in [-0.05, 0) is 48.0 Å². The fourth-order valence-electron chi connectivity index (χ4n) is 2.79. The molecule has 3 aromatic carbocycles. The highest BCUT2D eigenvalue weighted by Crippen LogP contribution is 2.26. The highest BCUT2D eigenvalue weighted by atomic mass is 35.5. The summed E-state index contributed by atoms with van der Waals surface area (Å²) in [6, 6.07) is 20.4. The van der Waals surface area contributed by atoms with Crippen LogP contribution in [0.2, 0.25) is 5.02 Å². The molecule has 0 aliphatic carbocycles. The number of hydrogen-bond acceptors (Lipinski definition) is 5. The fourth-order valence-corrected chi connectivity index (χ4v) is 4.17. The van der Waals surface area contributed by atoms with Crippen molar-refractivity contribution < 1.29 is 22.7 Å². The molecule has 3 rings (SSSR count). The molecule has 8 heteroatoms. The first-order chi connectivity index (χ1) is 14.3. The number of rotatable bonds is 7. The number of nitrogens with zero attached hydrogens (tertiary/aromatic N) is 1. The van der Waals surface area contributed by atoms with E-state index in [1.165, 1.54) is 36.7 Å². The third-order valence-electron chi connectivity index (χ3n) is 4.33. The lowest BCUT2D eigenvalue weighted by molar-refractivity contribution is 0.0600. The van der Waals surface area contributed by atoms with Crippen molar-refractivity contribution in [1.29, 1.82) is 0 Å². The summed E-state index contributed by atoms with van der Waals surface area (Å²) in [6.07, 6.45) is 0. The Hall–Kier alpha value is -2.87. The van der Waals surface area contributed by atoms with Crippen molar-refractivity contribution >= 4 is 27.6 Å². The van der Waals surface area contributed by atoms with E-state index < -0.39 is 16.0 Å². The Labute approximate surface area is 180 Å². The Bertz CT molecular complexity index is 1150. The lowest BCUT2D eigenvalue weighted by Gasteiger charge is -2.18. The molecule has 6 nitrogen and oxygen atoms in total. The van der Waals surface area contributed by atoms with E-state index >= 15 is 0 Å². The number of carbonyl (C=O) groups excluding carboxylic acids is 1. The average Bonchev–Trinajstić information content (AvgIpc) is 2.74. The summed E-state index contributed by atoms with van der Waals surface area (Å²) in [4.78, 5) is 11.8. The predicted molar refractivity (Wildman–Crippen MR) is 114 cm³/mol. The maximum Gasteiger partial charge on any atom is 0.339 e. The van der Waals surface area contributed by atoms with Crippen molar-refractivity contribution in [3.63, 3.8) is 0 Å². The molecule has 0 aliphatic heterocycles. The first-order valence-corrected chi connectivity index (χ1v) is 10.8. The second kappa shape index (κ2) is 9.30. The van der Waals surface area contributed by atoms with Crippen LogP contribution < -0.4 is 4.74 Å². The molecule has 0 fully saturated rings. The molecule has 0 bridgehead atoms. The van der Waals surface area contributed by atoms with E-state index in [1.807, 2.05) is 36.4 Å². The molecule has 0 saturated carbocycles. The smallest absolute Gasteiger partial charge is 0.339 e. The first-order valence-electron chi connectivity index (χ1n) is 8.97. The second-order valence-electron chi connectivity index (χ2n) is 6.46. The van der Waals surface area contributed by atoms with Crippen LogP contribution in [0.3, 0.4) is 0 Å². The number of sulfonamides is 1. The molecule has 0 unspecified atom stereocenters. The monoisotopic (exact) mass is 445 g/mol. The molecule has 0 saturated heterocycles. The van der Waals surface area contributed by atoms with Gasteiger partial charge in [0.2, 0.25) is 10.0 Å². The zero-order chi connectivity index (χ0) is 21.7. The van der Waals surface area contributed by atoms with Gasteiger partial charge < -0.3 is 9.47 Å². The van der Waals surface area contributed by atoms with Crippen LogP contribution in [0, 0.1) is 0 Å². The molecular weight excluding hydrogens is 426 g/mol. The Kier molecular flexibility index (Phi) is 6.77. The lowest BCUT2D eigenvalue weighted by Crippen LogP contribution is -2.26. The van der Waals surface area contributed by atoms with E-state index in [0.29, 0.717) is 11.5 Å². The zero-order valence-electron chi connectivity index (χ0n) is 16.4. The number of ether oxygens (including phenoxy) is 2. The van der Waals surface area contributed by atoms with Crippen LogP contribution in [0.1, 0.15) is 15.9 Å². The highest BCUT2D eigenvalue weighted by Gasteiger charge is 2.24. The van der Waals surface area contributed by atoms with E-state index in [4.69, 9.17) is 16.3 Å². The number of hydrogen-bond donors (Lipinski definition) is 0. The summed E-state index contributed by atoms with van der Waals surface area (Å²) in [5.74, 6) is 0.585. The van der Waals surface area contributed by atoms with Crippen LogP contribution in [0.5, 0.6) is 11.5 Å². The van der Waals surface area contributed by atoms with Gasteiger partial charge >= 0.3 is 5.97 Å². The van der Waals surface area contributed by atoms with Gasteiger partial charge in [0.1, 0.15) is 11.5 Å². The second-order valence-corrected chi connectivity index (χ2v) is 8.91. The highest BCUT2D eigenvalue weighted by molar-refractivity contribution is 7.89. The van der Waals surface area contributed by atoms with Gasteiger partial charge in [-0.15, -0.1) is 0 Å². The van der Waals surface area contributed by atoms with Crippen molar-refractivity contribution in [1.82, 2.24) is 4.31 Å². The number of esters is 1. The van der Waals surface area contributed by atoms with Gasteiger partial charge in [-0.2, -0.15) is 4.31 Å². The van der Waals surface area contributed by atoms with Crippen LogP contribution in [0.15, 0.2) is 77.7 Å². The molecule has 156 valence electrons. The molecule has 0 N–H and O–H groups in total. The topological polar surface area (TPSA) is 72.9 Å². The number of methoxy groups -OCH3 is 1. The van der Waals surface area contributed by atoms with Crippen LogP contribution in [0.25, 0.3) is 0 Å². The standard InChI is InChI=1S/C22H20ClNO5S/c1-24(30(26,27)19-11-12-21(23)20(14-19)22(25)28-2)15-16-7-6-10-18(13-16)29-17-8-4-3-5-9-17/h3-14H,15H2,1-2H3. The average molecular weight is 446 g/mol. The van der Waals surface area contributed by atoms with E-state index in [9.17, 15) is 13.2 Å². The van der Waals surface area contributed by atoms with Crippen LogP contribution in [0.4, 0.5) is 0 Å². The molecule has 0 aliphatic rings. The van der Waals surface area contributed by atoms with Gasteiger partial charge in [0.25, 0.3) is 0 Å². The Morgan fingerprint density at radius 3 is 2.37 bits per heavy atom. The normalized spacial score (nSPS) is 11.3. The molecule has 3 aromatic rings. The van der Waals surface area contributed by atoms with Gasteiger partial charge in [-0.1, -0.05) is 41.9 Å². The zero-order valence-corrected chi connectivity index (χ0v) is 18.0. The van der Waals surface area contributed by atoms with Crippen LogP contribution in [-0.4, -0.2) is 32.8 Å². The molecule has 0 aromatic heterocycles. The number of para-hydroxylation sites is 1. The summed E-state index contributed by atoms with van der Waals surface area (Å²) in [7, 11) is -1.19. The van der Waals surface area contributed by atoms with E-state index in [1.54, 1.807) is 18.2 Å². The number of benzene rings is 3. The maximum atomic E-state index is 13.0. The fraction of sp³-hybridized carbons (Fsp3) is 0.136. The molecule has 0 heterocycles. The van der Waals surface area contributed by atoms with Gasteiger partial charge in [0.05, 0.1) is 22.6 Å². The first kappa shape index (κ1) is 21.8. The molecule has 30 heavy (non-hydrogen) atoms. The van der Waals surface area contributed by atoms with Gasteiger partial charge in [-0.3, -0.25) is 0 Å². The quantitative estimate of drug-likeness (QED) is 0.491. The van der Waals surface area contributed by atoms with E-state index in [-0.39, 0.29) is 22.0 Å². The summed E-state index contributed by atoms with van der Waals surface area (Å²) < 4.78 is 37.6. The summed E-state index contributed by atoms with van der Waals surface area (Å²) >= 11 is 5.99. The van der Waals surface area contributed by atoms with Gasteiger partial charge in [0.15, 0.2) is 0 Å².